The van der Waals surface area contributed by atoms with Crippen LogP contribution in [-0.4, -0.2) is 79.6 Å². The molecule has 2 heterocycles. The Bertz CT molecular complexity index is 790. The molecule has 8 nitrogen and oxygen atoms in total. The molecule has 3 amide bonds. The van der Waals surface area contributed by atoms with Crippen molar-refractivity contribution in [3.63, 3.8) is 0 Å². The van der Waals surface area contributed by atoms with Crippen LogP contribution in [-0.2, 0) is 19.1 Å². The maximum absolute atomic E-state index is 13.6. The van der Waals surface area contributed by atoms with Crippen molar-refractivity contribution >= 4 is 23.4 Å². The highest BCUT2D eigenvalue weighted by Gasteiger charge is 2.54. The summed E-state index contributed by atoms with van der Waals surface area (Å²) < 4.78 is 5.01. The van der Waals surface area contributed by atoms with Gasteiger partial charge in [0.15, 0.2) is 0 Å². The maximum Gasteiger partial charge on any atom is 0.250 e. The number of hydrogen-bond acceptors (Lipinski definition) is 5. The number of anilines is 1. The fraction of sp³-hybridized carbons (Fsp3) is 0.625. The van der Waals surface area contributed by atoms with E-state index < -0.39 is 5.54 Å². The first-order valence-electron chi connectivity index (χ1n) is 11.5. The lowest BCUT2D eigenvalue weighted by atomic mass is 9.85. The Morgan fingerprint density at radius 2 is 1.84 bits per heavy atom. The number of carbonyl (C=O) groups is 3. The van der Waals surface area contributed by atoms with Crippen LogP contribution in [0.2, 0.25) is 0 Å². The van der Waals surface area contributed by atoms with E-state index in [4.69, 9.17) is 4.74 Å². The molecule has 0 aromatic heterocycles. The molecular formula is C24H36N4O4. The van der Waals surface area contributed by atoms with Gasteiger partial charge in [-0.25, -0.2) is 0 Å². The normalized spacial score (nSPS) is 18.0. The van der Waals surface area contributed by atoms with E-state index in [1.807, 2.05) is 49.1 Å². The minimum absolute atomic E-state index is 0.0237. The number of nitrogens with zero attached hydrogens (tertiary/aromatic N) is 3. The SMILES string of the molecule is COCCCNC(=O)CN1CN(c2ccccc2)C2(CCN(C(=O)CC(C)C)CC2)C1=O. The predicted molar refractivity (Wildman–Crippen MR) is 123 cm³/mol. The summed E-state index contributed by atoms with van der Waals surface area (Å²) >= 11 is 0. The first-order valence-corrected chi connectivity index (χ1v) is 11.5. The van der Waals surface area contributed by atoms with Crippen molar-refractivity contribution in [2.75, 3.05) is 51.5 Å². The fourth-order valence-electron chi connectivity index (χ4n) is 4.60. The van der Waals surface area contributed by atoms with Crippen molar-refractivity contribution in [3.8, 4) is 0 Å². The number of nitrogens with one attached hydrogen (secondary N) is 1. The third kappa shape index (κ3) is 5.41. The Morgan fingerprint density at radius 1 is 1.16 bits per heavy atom. The molecule has 0 radical (unpaired) electrons. The molecule has 2 fully saturated rings. The number of benzene rings is 1. The van der Waals surface area contributed by atoms with Crippen LogP contribution >= 0.6 is 0 Å². The van der Waals surface area contributed by atoms with E-state index in [1.54, 1.807) is 12.0 Å². The van der Waals surface area contributed by atoms with Gasteiger partial charge >= 0.3 is 0 Å². The quantitative estimate of drug-likeness (QED) is 0.588. The van der Waals surface area contributed by atoms with Gasteiger partial charge in [-0.2, -0.15) is 0 Å². The van der Waals surface area contributed by atoms with Crippen molar-refractivity contribution in [1.29, 1.82) is 0 Å². The summed E-state index contributed by atoms with van der Waals surface area (Å²) in [7, 11) is 1.63. The highest BCUT2D eigenvalue weighted by atomic mass is 16.5. The van der Waals surface area contributed by atoms with Gasteiger partial charge in [0.1, 0.15) is 12.1 Å². The Labute approximate surface area is 190 Å². The standard InChI is InChI=1S/C24H36N4O4/c1-19(2)16-22(30)26-13-10-24(11-14-26)23(31)27(17-21(29)25-12-7-15-32-3)18-28(24)20-8-5-4-6-9-20/h4-6,8-9,19H,7,10-18H2,1-3H3,(H,25,29). The first kappa shape index (κ1) is 24.0. The van der Waals surface area contributed by atoms with Crippen molar-refractivity contribution < 1.29 is 19.1 Å². The molecule has 3 rings (SSSR count). The summed E-state index contributed by atoms with van der Waals surface area (Å²) in [5.74, 6) is 0.275. The van der Waals surface area contributed by atoms with E-state index in [0.29, 0.717) is 58.1 Å². The topological polar surface area (TPSA) is 82.2 Å². The summed E-state index contributed by atoms with van der Waals surface area (Å²) in [5.41, 5.74) is 0.248. The zero-order chi connectivity index (χ0) is 23.1. The van der Waals surface area contributed by atoms with Gasteiger partial charge in [-0.3, -0.25) is 14.4 Å². The predicted octanol–water partition coefficient (Wildman–Crippen LogP) is 1.85. The molecule has 1 N–H and O–H groups in total. The molecule has 8 heteroatoms. The molecule has 0 bridgehead atoms. The lowest BCUT2D eigenvalue weighted by Gasteiger charge is -2.43. The van der Waals surface area contributed by atoms with E-state index in [-0.39, 0.29) is 24.3 Å². The van der Waals surface area contributed by atoms with Crippen molar-refractivity contribution in [3.05, 3.63) is 30.3 Å². The molecule has 0 atom stereocenters. The minimum atomic E-state index is -0.716. The Kier molecular flexibility index (Phi) is 8.12. The smallest absolute Gasteiger partial charge is 0.250 e. The van der Waals surface area contributed by atoms with Gasteiger partial charge in [-0.05, 0) is 37.3 Å². The zero-order valence-corrected chi connectivity index (χ0v) is 19.5. The van der Waals surface area contributed by atoms with Crippen LogP contribution in [0.4, 0.5) is 5.69 Å². The van der Waals surface area contributed by atoms with Crippen LogP contribution in [0.25, 0.3) is 0 Å². The largest absolute Gasteiger partial charge is 0.385 e. The Morgan fingerprint density at radius 3 is 2.47 bits per heavy atom. The van der Waals surface area contributed by atoms with Crippen LogP contribution in [0.15, 0.2) is 30.3 Å². The number of hydrogen-bond donors (Lipinski definition) is 1. The molecule has 0 saturated carbocycles. The highest BCUT2D eigenvalue weighted by molar-refractivity contribution is 5.96. The molecule has 32 heavy (non-hydrogen) atoms. The summed E-state index contributed by atoms with van der Waals surface area (Å²) in [5, 5.41) is 2.87. The van der Waals surface area contributed by atoms with Gasteiger partial charge in [0.2, 0.25) is 11.8 Å². The molecule has 0 aliphatic carbocycles. The second kappa shape index (κ2) is 10.8. The molecular weight excluding hydrogens is 408 g/mol. The van der Waals surface area contributed by atoms with Crippen LogP contribution < -0.4 is 10.2 Å². The minimum Gasteiger partial charge on any atom is -0.385 e. The van der Waals surface area contributed by atoms with Crippen molar-refractivity contribution in [1.82, 2.24) is 15.1 Å². The molecule has 176 valence electrons. The fourth-order valence-corrected chi connectivity index (χ4v) is 4.60. The monoisotopic (exact) mass is 444 g/mol. The van der Waals surface area contributed by atoms with Gasteiger partial charge in [0, 0.05) is 45.5 Å². The van der Waals surface area contributed by atoms with E-state index in [0.717, 1.165) is 12.1 Å². The van der Waals surface area contributed by atoms with E-state index >= 15 is 0 Å². The van der Waals surface area contributed by atoms with Crippen LogP contribution in [0, 0.1) is 5.92 Å². The van der Waals surface area contributed by atoms with Gasteiger partial charge in [-0.1, -0.05) is 32.0 Å². The van der Waals surface area contributed by atoms with Gasteiger partial charge < -0.3 is 24.8 Å². The number of rotatable bonds is 9. The lowest BCUT2D eigenvalue weighted by Crippen LogP contribution is -2.57. The number of piperidine rings is 1. The molecule has 1 aromatic carbocycles. The molecule has 2 aliphatic heterocycles. The average Bonchev–Trinajstić information content (AvgIpc) is 3.03. The summed E-state index contributed by atoms with van der Waals surface area (Å²) in [6.45, 7) is 6.70. The number of methoxy groups -OCH3 is 1. The molecule has 1 aromatic rings. The summed E-state index contributed by atoms with van der Waals surface area (Å²) in [4.78, 5) is 44.3. The third-order valence-electron chi connectivity index (χ3n) is 6.29. The van der Waals surface area contributed by atoms with Gasteiger partial charge in [0.25, 0.3) is 5.91 Å². The molecule has 2 aliphatic rings. The second-order valence-corrected chi connectivity index (χ2v) is 9.11. The van der Waals surface area contributed by atoms with Crippen molar-refractivity contribution in [2.24, 2.45) is 5.92 Å². The number of carbonyl (C=O) groups excluding carboxylic acids is 3. The van der Waals surface area contributed by atoms with Gasteiger partial charge in [-0.15, -0.1) is 0 Å². The van der Waals surface area contributed by atoms with Crippen molar-refractivity contribution in [2.45, 2.75) is 45.1 Å². The number of para-hydroxylation sites is 1. The van der Waals surface area contributed by atoms with Crippen LogP contribution in [0.1, 0.15) is 39.5 Å². The third-order valence-corrected chi connectivity index (χ3v) is 6.29. The van der Waals surface area contributed by atoms with E-state index in [2.05, 4.69) is 10.2 Å². The first-order chi connectivity index (χ1) is 15.4. The van der Waals surface area contributed by atoms with E-state index in [1.165, 1.54) is 0 Å². The second-order valence-electron chi connectivity index (χ2n) is 9.11. The molecule has 0 unspecified atom stereocenters. The zero-order valence-electron chi connectivity index (χ0n) is 19.5. The Hall–Kier alpha value is -2.61. The summed E-state index contributed by atoms with van der Waals surface area (Å²) in [6, 6.07) is 9.87. The lowest BCUT2D eigenvalue weighted by molar-refractivity contribution is -0.140. The van der Waals surface area contributed by atoms with Crippen LogP contribution in [0.5, 0.6) is 0 Å². The highest BCUT2D eigenvalue weighted by Crippen LogP contribution is 2.39. The molecule has 1 spiro atoms. The summed E-state index contributed by atoms with van der Waals surface area (Å²) in [6.07, 6.45) is 2.39. The number of likely N-dealkylation sites (tertiary alicyclic amines) is 1. The maximum atomic E-state index is 13.6. The number of amides is 3. The van der Waals surface area contributed by atoms with Crippen LogP contribution in [0.3, 0.4) is 0 Å². The molecule has 2 saturated heterocycles. The average molecular weight is 445 g/mol. The number of ether oxygens (including phenoxy) is 1. The van der Waals surface area contributed by atoms with E-state index in [9.17, 15) is 14.4 Å². The van der Waals surface area contributed by atoms with Gasteiger partial charge in [0.05, 0.1) is 6.67 Å². The Balaban J connectivity index is 1.72.